The van der Waals surface area contributed by atoms with Crippen LogP contribution in [0.25, 0.3) is 11.5 Å². The molecule has 0 radical (unpaired) electrons. The molecule has 2 aromatic rings. The van der Waals surface area contributed by atoms with Crippen molar-refractivity contribution in [2.45, 2.75) is 44.8 Å². The summed E-state index contributed by atoms with van der Waals surface area (Å²) in [4.78, 5) is 11.6. The van der Waals surface area contributed by atoms with Crippen LogP contribution >= 0.6 is 11.8 Å². The fraction of sp³-hybridized carbons (Fsp3) is 0.471. The van der Waals surface area contributed by atoms with Gasteiger partial charge in [-0.1, -0.05) is 51.6 Å². The molecule has 1 amide bonds. The number of carbonyl (C=O) groups is 1. The Morgan fingerprint density at radius 2 is 1.91 bits per heavy atom. The highest BCUT2D eigenvalue weighted by Crippen LogP contribution is 2.27. The van der Waals surface area contributed by atoms with Crippen molar-refractivity contribution in [3.05, 3.63) is 29.8 Å². The zero-order chi connectivity index (χ0) is 16.9. The van der Waals surface area contributed by atoms with Crippen LogP contribution in [0.3, 0.4) is 0 Å². The summed E-state index contributed by atoms with van der Waals surface area (Å²) in [6.07, 6.45) is 0.922. The van der Waals surface area contributed by atoms with Gasteiger partial charge in [0.25, 0.3) is 5.22 Å². The number of hydrogen-bond acceptors (Lipinski definition) is 5. The molecule has 0 fully saturated rings. The Balaban J connectivity index is 1.98. The standard InChI is InChI=1S/C17H23N3O2S/c1-5-10-18-14(21)11-23-16-20-19-15(22-16)12-6-8-13(9-7-12)17(2,3)4/h6-9H,5,10-11H2,1-4H3,(H,18,21). The van der Waals surface area contributed by atoms with Crippen molar-refractivity contribution in [3.63, 3.8) is 0 Å². The van der Waals surface area contributed by atoms with E-state index >= 15 is 0 Å². The molecule has 0 saturated heterocycles. The topological polar surface area (TPSA) is 68.0 Å². The fourth-order valence-corrected chi connectivity index (χ4v) is 2.53. The maximum Gasteiger partial charge on any atom is 0.277 e. The Morgan fingerprint density at radius 1 is 1.22 bits per heavy atom. The lowest BCUT2D eigenvalue weighted by Crippen LogP contribution is -2.25. The maximum atomic E-state index is 11.6. The summed E-state index contributed by atoms with van der Waals surface area (Å²) >= 11 is 1.25. The largest absolute Gasteiger partial charge is 0.411 e. The van der Waals surface area contributed by atoms with Crippen molar-refractivity contribution in [1.29, 1.82) is 0 Å². The molecule has 6 heteroatoms. The van der Waals surface area contributed by atoms with E-state index in [2.05, 4.69) is 48.4 Å². The Labute approximate surface area is 141 Å². The average molecular weight is 333 g/mol. The molecule has 124 valence electrons. The van der Waals surface area contributed by atoms with Gasteiger partial charge in [-0.2, -0.15) is 0 Å². The van der Waals surface area contributed by atoms with Crippen LogP contribution in [0.15, 0.2) is 33.9 Å². The molecule has 0 aliphatic carbocycles. The predicted molar refractivity (Wildman–Crippen MR) is 92.5 cm³/mol. The second-order valence-electron chi connectivity index (χ2n) is 6.34. The van der Waals surface area contributed by atoms with Gasteiger partial charge in [-0.05, 0) is 29.5 Å². The minimum absolute atomic E-state index is 0.0221. The summed E-state index contributed by atoms with van der Waals surface area (Å²) < 4.78 is 5.61. The van der Waals surface area contributed by atoms with Crippen LogP contribution in [0, 0.1) is 0 Å². The highest BCUT2D eigenvalue weighted by Gasteiger charge is 2.15. The van der Waals surface area contributed by atoms with Crippen LogP contribution in [0.5, 0.6) is 0 Å². The first-order chi connectivity index (χ1) is 10.9. The molecule has 0 aliphatic heterocycles. The monoisotopic (exact) mass is 333 g/mol. The van der Waals surface area contributed by atoms with Gasteiger partial charge in [-0.25, -0.2) is 0 Å². The van der Waals surface area contributed by atoms with Crippen LogP contribution in [0.2, 0.25) is 0 Å². The normalized spacial score (nSPS) is 11.5. The van der Waals surface area contributed by atoms with E-state index in [1.807, 2.05) is 19.1 Å². The molecule has 0 unspecified atom stereocenters. The lowest BCUT2D eigenvalue weighted by Gasteiger charge is -2.18. The minimum atomic E-state index is -0.0221. The van der Waals surface area contributed by atoms with E-state index in [1.165, 1.54) is 17.3 Å². The van der Waals surface area contributed by atoms with E-state index in [0.29, 0.717) is 17.7 Å². The Hall–Kier alpha value is -1.82. The lowest BCUT2D eigenvalue weighted by atomic mass is 9.87. The summed E-state index contributed by atoms with van der Waals surface area (Å²) in [5, 5.41) is 11.3. The van der Waals surface area contributed by atoms with Crippen molar-refractivity contribution < 1.29 is 9.21 Å². The van der Waals surface area contributed by atoms with Crippen molar-refractivity contribution >= 4 is 17.7 Å². The number of hydrogen-bond donors (Lipinski definition) is 1. The predicted octanol–water partition coefficient (Wildman–Crippen LogP) is 3.65. The van der Waals surface area contributed by atoms with Crippen LogP contribution in [-0.4, -0.2) is 28.4 Å². The molecule has 0 atom stereocenters. The summed E-state index contributed by atoms with van der Waals surface area (Å²) in [6.45, 7) is 9.23. The third-order valence-electron chi connectivity index (χ3n) is 3.30. The van der Waals surface area contributed by atoms with E-state index in [4.69, 9.17) is 4.42 Å². The van der Waals surface area contributed by atoms with Crippen molar-refractivity contribution in [2.24, 2.45) is 0 Å². The highest BCUT2D eigenvalue weighted by molar-refractivity contribution is 7.99. The summed E-state index contributed by atoms with van der Waals surface area (Å²) in [7, 11) is 0. The van der Waals surface area contributed by atoms with Crippen LogP contribution in [0.4, 0.5) is 0 Å². The van der Waals surface area contributed by atoms with Crippen molar-refractivity contribution in [1.82, 2.24) is 15.5 Å². The number of rotatable bonds is 6. The van der Waals surface area contributed by atoms with Gasteiger partial charge in [-0.15, -0.1) is 10.2 Å². The number of benzene rings is 1. The molecule has 2 rings (SSSR count). The Bertz CT molecular complexity index is 645. The fourth-order valence-electron chi connectivity index (χ4n) is 1.94. The molecule has 0 saturated carbocycles. The van der Waals surface area contributed by atoms with Crippen molar-refractivity contribution in [2.75, 3.05) is 12.3 Å². The molecule has 0 spiro atoms. The van der Waals surface area contributed by atoms with E-state index in [-0.39, 0.29) is 17.1 Å². The number of amides is 1. The zero-order valence-electron chi connectivity index (χ0n) is 14.0. The molecule has 0 aliphatic rings. The molecular formula is C17H23N3O2S. The first-order valence-corrected chi connectivity index (χ1v) is 8.72. The smallest absolute Gasteiger partial charge is 0.277 e. The molecule has 1 aromatic carbocycles. The first kappa shape index (κ1) is 17.5. The molecule has 5 nitrogen and oxygen atoms in total. The summed E-state index contributed by atoms with van der Waals surface area (Å²) in [6, 6.07) is 8.11. The number of carbonyl (C=O) groups excluding carboxylic acids is 1. The quantitative estimate of drug-likeness (QED) is 0.817. The maximum absolute atomic E-state index is 11.6. The van der Waals surface area contributed by atoms with Gasteiger partial charge < -0.3 is 9.73 Å². The van der Waals surface area contributed by atoms with Crippen LogP contribution in [0.1, 0.15) is 39.7 Å². The van der Waals surface area contributed by atoms with E-state index in [9.17, 15) is 4.79 Å². The third kappa shape index (κ3) is 5.10. The molecule has 1 aromatic heterocycles. The average Bonchev–Trinajstić information content (AvgIpc) is 2.99. The van der Waals surface area contributed by atoms with Gasteiger partial charge in [0, 0.05) is 12.1 Å². The lowest BCUT2D eigenvalue weighted by molar-refractivity contribution is -0.118. The van der Waals surface area contributed by atoms with Gasteiger partial charge in [0.15, 0.2) is 0 Å². The number of nitrogens with zero attached hydrogens (tertiary/aromatic N) is 2. The molecule has 1 N–H and O–H groups in total. The third-order valence-corrected chi connectivity index (χ3v) is 4.12. The van der Waals surface area contributed by atoms with E-state index in [0.717, 1.165) is 12.0 Å². The molecule has 0 bridgehead atoms. The van der Waals surface area contributed by atoms with E-state index < -0.39 is 0 Å². The molecular weight excluding hydrogens is 310 g/mol. The number of aromatic nitrogens is 2. The SMILES string of the molecule is CCCNC(=O)CSc1nnc(-c2ccc(C(C)(C)C)cc2)o1. The Morgan fingerprint density at radius 3 is 2.52 bits per heavy atom. The van der Waals surface area contributed by atoms with Crippen LogP contribution < -0.4 is 5.32 Å². The second kappa shape index (κ2) is 7.64. The van der Waals surface area contributed by atoms with Crippen molar-refractivity contribution in [3.8, 4) is 11.5 Å². The van der Waals surface area contributed by atoms with Gasteiger partial charge in [0.2, 0.25) is 11.8 Å². The molecule has 23 heavy (non-hydrogen) atoms. The van der Waals surface area contributed by atoms with Gasteiger partial charge in [0.1, 0.15) is 0 Å². The van der Waals surface area contributed by atoms with Gasteiger partial charge >= 0.3 is 0 Å². The summed E-state index contributed by atoms with van der Waals surface area (Å²) in [5.74, 6) is 0.734. The van der Waals surface area contributed by atoms with Gasteiger partial charge in [-0.3, -0.25) is 4.79 Å². The van der Waals surface area contributed by atoms with Gasteiger partial charge in [0.05, 0.1) is 5.75 Å². The second-order valence-corrected chi connectivity index (χ2v) is 7.27. The van der Waals surface area contributed by atoms with E-state index in [1.54, 1.807) is 0 Å². The van der Waals surface area contributed by atoms with Crippen LogP contribution in [-0.2, 0) is 10.2 Å². The zero-order valence-corrected chi connectivity index (χ0v) is 14.9. The molecule has 1 heterocycles. The number of thioether (sulfide) groups is 1. The Kier molecular flexibility index (Phi) is 5.82. The first-order valence-electron chi connectivity index (χ1n) is 7.74. The number of nitrogens with one attached hydrogen (secondary N) is 1. The minimum Gasteiger partial charge on any atom is -0.411 e. The summed E-state index contributed by atoms with van der Waals surface area (Å²) in [5.41, 5.74) is 2.25. The highest BCUT2D eigenvalue weighted by atomic mass is 32.2.